The van der Waals surface area contributed by atoms with Gasteiger partial charge in [0, 0.05) is 76.5 Å². The number of piperidine rings is 2. The van der Waals surface area contributed by atoms with Gasteiger partial charge in [-0.2, -0.15) is 13.2 Å². The highest BCUT2D eigenvalue weighted by Gasteiger charge is 2.38. The second-order valence-corrected chi connectivity index (χ2v) is 15.3. The van der Waals surface area contributed by atoms with Gasteiger partial charge in [-0.05, 0) is 81.4 Å². The minimum absolute atomic E-state index is 0.0967. The van der Waals surface area contributed by atoms with E-state index in [2.05, 4.69) is 32.1 Å². The first-order valence-corrected chi connectivity index (χ1v) is 19.8. The van der Waals surface area contributed by atoms with Crippen LogP contribution in [0.5, 0.6) is 0 Å². The molecule has 4 aliphatic rings. The van der Waals surface area contributed by atoms with Crippen LogP contribution in [0.2, 0.25) is 5.02 Å². The molecular formula is C39H53ClF3N7O5. The van der Waals surface area contributed by atoms with E-state index in [1.54, 1.807) is 16.7 Å². The number of carbonyl (C=O) groups is 3. The van der Waals surface area contributed by atoms with Crippen LogP contribution >= 0.6 is 11.6 Å². The fourth-order valence-electron chi connectivity index (χ4n) is 8.28. The highest BCUT2D eigenvalue weighted by Crippen LogP contribution is 2.38. The van der Waals surface area contributed by atoms with Crippen LogP contribution in [-0.4, -0.2) is 139 Å². The Hall–Kier alpha value is -3.79. The molecule has 3 saturated heterocycles. The van der Waals surface area contributed by atoms with Crippen molar-refractivity contribution in [2.75, 3.05) is 89.8 Å². The standard InChI is InChI=1S/C39H53ClF3N7O5/c1-2-54-35(51)12-15-46-13-8-29(9-14-46)47-19-21-48(22-20-47)37(52)34(25-27-23-31(39(41,42)43)36(44)32(40)24-27)55-38(53)49-17-10-30(11-18-49)50-16-7-28-5-3-4-6-33(28)45-26-50/h3-6,23-24,29-30,34,45H,2,7-22,25-26,44H2,1H3/t34-/m1/s1. The number of amides is 2. The third kappa shape index (κ3) is 10.5. The van der Waals surface area contributed by atoms with Gasteiger partial charge in [0.25, 0.3) is 5.91 Å². The summed E-state index contributed by atoms with van der Waals surface area (Å²) in [6.07, 6.45) is -2.44. The largest absolute Gasteiger partial charge is 0.466 e. The lowest BCUT2D eigenvalue weighted by molar-refractivity contribution is -0.144. The number of halogens is 4. The molecule has 12 nitrogen and oxygen atoms in total. The Morgan fingerprint density at radius 2 is 1.58 bits per heavy atom. The maximum atomic E-state index is 14.1. The van der Waals surface area contributed by atoms with Crippen LogP contribution in [-0.2, 0) is 38.1 Å². The molecule has 0 saturated carbocycles. The number of esters is 1. The van der Waals surface area contributed by atoms with Crippen molar-refractivity contribution in [1.29, 1.82) is 0 Å². The number of likely N-dealkylation sites (tertiary alicyclic amines) is 2. The van der Waals surface area contributed by atoms with Crippen LogP contribution < -0.4 is 11.1 Å². The number of fused-ring (bicyclic) bond motifs is 1. The van der Waals surface area contributed by atoms with E-state index in [1.807, 2.05) is 12.1 Å². The van der Waals surface area contributed by atoms with Gasteiger partial charge in [0.15, 0.2) is 6.10 Å². The SMILES string of the molecule is CCOC(=O)CCN1CCC(N2CCN(C(=O)[C@@H](Cc3cc(Cl)c(N)c(C(F)(F)F)c3)OC(=O)N3CCC(N4CCc5ccccc5NC4)CC3)CC2)CC1. The lowest BCUT2D eigenvalue weighted by Crippen LogP contribution is -2.56. The number of para-hydroxylation sites is 1. The molecule has 0 aliphatic carbocycles. The lowest BCUT2D eigenvalue weighted by atomic mass is 10.0. The number of benzene rings is 2. The summed E-state index contributed by atoms with van der Waals surface area (Å²) < 4.78 is 52.6. The normalized spacial score (nSPS) is 20.3. The summed E-state index contributed by atoms with van der Waals surface area (Å²) in [6, 6.07) is 11.1. The highest BCUT2D eigenvalue weighted by atomic mass is 35.5. The quantitative estimate of drug-likeness (QED) is 0.253. The molecule has 0 aromatic heterocycles. The van der Waals surface area contributed by atoms with Crippen molar-refractivity contribution in [1.82, 2.24) is 24.5 Å². The summed E-state index contributed by atoms with van der Waals surface area (Å²) in [6.45, 7) is 9.06. The number of piperazine rings is 1. The number of nitrogens with two attached hydrogens (primary N) is 1. The fourth-order valence-corrected chi connectivity index (χ4v) is 8.53. The highest BCUT2D eigenvalue weighted by molar-refractivity contribution is 6.33. The van der Waals surface area contributed by atoms with E-state index in [0.717, 1.165) is 63.5 Å². The van der Waals surface area contributed by atoms with Crippen molar-refractivity contribution in [2.24, 2.45) is 0 Å². The molecule has 6 rings (SSSR count). The van der Waals surface area contributed by atoms with Crippen molar-refractivity contribution < 1.29 is 37.0 Å². The van der Waals surface area contributed by atoms with Crippen molar-refractivity contribution in [2.45, 2.75) is 76.2 Å². The minimum Gasteiger partial charge on any atom is -0.466 e. The number of nitrogen functional groups attached to an aromatic ring is 1. The van der Waals surface area contributed by atoms with Gasteiger partial charge in [0.1, 0.15) is 0 Å². The van der Waals surface area contributed by atoms with Crippen molar-refractivity contribution in [3.05, 3.63) is 58.1 Å². The van der Waals surface area contributed by atoms with E-state index >= 15 is 0 Å². The van der Waals surface area contributed by atoms with Crippen LogP contribution in [0.15, 0.2) is 36.4 Å². The maximum absolute atomic E-state index is 14.1. The van der Waals surface area contributed by atoms with Gasteiger partial charge in [0.2, 0.25) is 0 Å². The average Bonchev–Trinajstić information content (AvgIpc) is 3.41. The number of rotatable bonds is 10. The minimum atomic E-state index is -4.76. The third-order valence-electron chi connectivity index (χ3n) is 11.5. The summed E-state index contributed by atoms with van der Waals surface area (Å²) in [5.74, 6) is -0.638. The molecule has 302 valence electrons. The molecule has 1 atom stereocenters. The van der Waals surface area contributed by atoms with Gasteiger partial charge in [-0.3, -0.25) is 19.4 Å². The zero-order valence-electron chi connectivity index (χ0n) is 31.5. The molecular weight excluding hydrogens is 739 g/mol. The second-order valence-electron chi connectivity index (χ2n) is 14.9. The van der Waals surface area contributed by atoms with E-state index in [-0.39, 0.29) is 29.0 Å². The number of nitrogens with one attached hydrogen (secondary N) is 1. The maximum Gasteiger partial charge on any atom is 0.418 e. The number of carbonyl (C=O) groups excluding carboxylic acids is 3. The zero-order chi connectivity index (χ0) is 39.1. The number of hydrogen-bond acceptors (Lipinski definition) is 10. The van der Waals surface area contributed by atoms with Crippen molar-refractivity contribution in [3.8, 4) is 0 Å². The van der Waals surface area contributed by atoms with Gasteiger partial charge in [0.05, 0.1) is 36.0 Å². The molecule has 2 amide bonds. The van der Waals surface area contributed by atoms with Gasteiger partial charge in [-0.15, -0.1) is 0 Å². The van der Waals surface area contributed by atoms with Crippen LogP contribution in [0.25, 0.3) is 0 Å². The van der Waals surface area contributed by atoms with E-state index in [9.17, 15) is 27.6 Å². The first kappa shape index (κ1) is 40.9. The Kier molecular flexibility index (Phi) is 13.7. The van der Waals surface area contributed by atoms with E-state index in [1.165, 1.54) is 11.6 Å². The summed E-state index contributed by atoms with van der Waals surface area (Å²) >= 11 is 6.15. The molecule has 0 bridgehead atoms. The molecule has 3 fully saturated rings. The second kappa shape index (κ2) is 18.4. The average molecular weight is 792 g/mol. The molecule has 4 aliphatic heterocycles. The molecule has 0 radical (unpaired) electrons. The third-order valence-corrected chi connectivity index (χ3v) is 11.8. The predicted octanol–water partition coefficient (Wildman–Crippen LogP) is 4.94. The van der Waals surface area contributed by atoms with E-state index < -0.39 is 35.5 Å². The van der Waals surface area contributed by atoms with Crippen LogP contribution in [0.1, 0.15) is 55.7 Å². The molecule has 4 heterocycles. The van der Waals surface area contributed by atoms with Crippen LogP contribution in [0.4, 0.5) is 29.3 Å². The Balaban J connectivity index is 1.06. The summed E-state index contributed by atoms with van der Waals surface area (Å²) in [5.41, 5.74) is 6.51. The first-order chi connectivity index (χ1) is 26.4. The Bertz CT molecular complexity index is 1620. The number of hydrogen-bond donors (Lipinski definition) is 2. The number of nitrogens with zero attached hydrogens (tertiary/aromatic N) is 5. The van der Waals surface area contributed by atoms with Crippen molar-refractivity contribution in [3.63, 3.8) is 0 Å². The first-order valence-electron chi connectivity index (χ1n) is 19.5. The topological polar surface area (TPSA) is 124 Å². The zero-order valence-corrected chi connectivity index (χ0v) is 32.3. The summed E-state index contributed by atoms with van der Waals surface area (Å²) in [4.78, 5) is 49.8. The number of anilines is 2. The Morgan fingerprint density at radius 1 is 0.909 bits per heavy atom. The monoisotopic (exact) mass is 791 g/mol. The lowest BCUT2D eigenvalue weighted by Gasteiger charge is -2.43. The fraction of sp³-hybridized carbons (Fsp3) is 0.615. The van der Waals surface area contributed by atoms with Crippen LogP contribution in [0, 0.1) is 0 Å². The van der Waals surface area contributed by atoms with Gasteiger partial charge >= 0.3 is 18.2 Å². The smallest absolute Gasteiger partial charge is 0.418 e. The number of alkyl halides is 3. The Labute approximate surface area is 326 Å². The van der Waals surface area contributed by atoms with Gasteiger partial charge in [-0.25, -0.2) is 4.79 Å². The van der Waals surface area contributed by atoms with Gasteiger partial charge < -0.3 is 35.2 Å². The van der Waals surface area contributed by atoms with E-state index in [4.69, 9.17) is 26.8 Å². The summed E-state index contributed by atoms with van der Waals surface area (Å²) in [5, 5.41) is 3.24. The number of ether oxygens (including phenoxy) is 2. The van der Waals surface area contributed by atoms with Crippen LogP contribution in [0.3, 0.4) is 0 Å². The molecule has 3 N–H and O–H groups in total. The molecule has 2 aromatic carbocycles. The molecule has 16 heteroatoms. The van der Waals surface area contributed by atoms with Crippen molar-refractivity contribution >= 4 is 40.9 Å². The van der Waals surface area contributed by atoms with E-state index in [0.29, 0.717) is 71.6 Å². The van der Waals surface area contributed by atoms with Gasteiger partial charge in [-0.1, -0.05) is 29.8 Å². The Morgan fingerprint density at radius 3 is 2.27 bits per heavy atom. The molecule has 55 heavy (non-hydrogen) atoms. The predicted molar refractivity (Wildman–Crippen MR) is 204 cm³/mol. The molecule has 0 spiro atoms. The molecule has 2 aromatic rings. The molecule has 0 unspecified atom stereocenters. The summed E-state index contributed by atoms with van der Waals surface area (Å²) in [7, 11) is 0.